The zero-order valence-electron chi connectivity index (χ0n) is 24.0. The lowest BCUT2D eigenvalue weighted by Gasteiger charge is -2.42. The number of nitrogens with one attached hydrogen (secondary N) is 1. The molecule has 6 nitrogen and oxygen atoms in total. The van der Waals surface area contributed by atoms with Gasteiger partial charge in [0.2, 0.25) is 0 Å². The van der Waals surface area contributed by atoms with Crippen LogP contribution in [-0.4, -0.2) is 71.3 Å². The minimum Gasteiger partial charge on any atom is -0.361 e. The second-order valence-electron chi connectivity index (χ2n) is 11.1. The van der Waals surface area contributed by atoms with Gasteiger partial charge in [-0.05, 0) is 53.9 Å². The van der Waals surface area contributed by atoms with Gasteiger partial charge >= 0.3 is 12.4 Å². The topological polar surface area (TPSA) is 59.7 Å². The maximum absolute atomic E-state index is 13.7. The standard InChI is InChI=1S/C32H30F6N4O2/c1-40(2)29(43)21-9-7-20(8-10-21)18-41-11-12-42(26(19-41)15-23-17-39-28-6-4-3-5-27(23)28)30(44)22-13-24(31(33,34)35)16-25(14-22)32(36,37)38/h3-10,13-14,16-17,26,39H,11-12,15,18-19H2,1-2H3/t26-/m1/s1. The predicted octanol–water partition coefficient (Wildman–Crippen LogP) is 6.48. The number of alkyl halides is 6. The van der Waals surface area contributed by atoms with Crippen LogP contribution in [-0.2, 0) is 25.3 Å². The van der Waals surface area contributed by atoms with E-state index in [4.69, 9.17) is 0 Å². The first kappa shape index (κ1) is 31.1. The van der Waals surface area contributed by atoms with E-state index in [1.54, 1.807) is 32.4 Å². The number of amides is 2. The van der Waals surface area contributed by atoms with Crippen molar-refractivity contribution in [2.45, 2.75) is 31.4 Å². The van der Waals surface area contributed by atoms with Crippen molar-refractivity contribution in [2.75, 3.05) is 33.7 Å². The Kier molecular flexibility index (Phi) is 8.48. The van der Waals surface area contributed by atoms with Crippen LogP contribution in [0.5, 0.6) is 0 Å². The van der Waals surface area contributed by atoms with Crippen LogP contribution < -0.4 is 0 Å². The van der Waals surface area contributed by atoms with Gasteiger partial charge in [0, 0.05) is 74.5 Å². The molecule has 232 valence electrons. The molecule has 44 heavy (non-hydrogen) atoms. The molecule has 0 spiro atoms. The van der Waals surface area contributed by atoms with E-state index in [-0.39, 0.29) is 18.5 Å². The number of para-hydroxylation sites is 1. The lowest BCUT2D eigenvalue weighted by molar-refractivity contribution is -0.143. The Morgan fingerprint density at radius 3 is 2.11 bits per heavy atom. The van der Waals surface area contributed by atoms with E-state index in [0.29, 0.717) is 43.8 Å². The molecule has 1 fully saturated rings. The number of carbonyl (C=O) groups is 2. The van der Waals surface area contributed by atoms with Crippen LogP contribution in [0, 0.1) is 0 Å². The lowest BCUT2D eigenvalue weighted by Crippen LogP contribution is -2.55. The average molecular weight is 617 g/mol. The van der Waals surface area contributed by atoms with Gasteiger partial charge in [-0.25, -0.2) is 0 Å². The summed E-state index contributed by atoms with van der Waals surface area (Å²) in [6.07, 6.45) is -8.00. The Hall–Kier alpha value is -4.32. The summed E-state index contributed by atoms with van der Waals surface area (Å²) in [5.41, 5.74) is -0.530. The quantitative estimate of drug-likeness (QED) is 0.253. The SMILES string of the molecule is CN(C)C(=O)c1ccc(CN2CCN(C(=O)c3cc(C(F)(F)F)cc(C(F)(F)F)c3)[C@H](Cc3c[nH]c4ccccc34)C2)cc1. The highest BCUT2D eigenvalue weighted by Crippen LogP contribution is 2.37. The molecular weight excluding hydrogens is 586 g/mol. The number of nitrogens with zero attached hydrogens (tertiary/aromatic N) is 3. The van der Waals surface area contributed by atoms with Crippen molar-refractivity contribution in [1.29, 1.82) is 0 Å². The molecule has 2 amide bonds. The Morgan fingerprint density at radius 2 is 1.50 bits per heavy atom. The first-order chi connectivity index (χ1) is 20.7. The maximum Gasteiger partial charge on any atom is 0.416 e. The first-order valence-corrected chi connectivity index (χ1v) is 13.9. The van der Waals surface area contributed by atoms with Crippen LogP contribution in [0.4, 0.5) is 26.3 Å². The smallest absolute Gasteiger partial charge is 0.361 e. The summed E-state index contributed by atoms with van der Waals surface area (Å²) in [4.78, 5) is 34.1. The minimum absolute atomic E-state index is 0.0233. The van der Waals surface area contributed by atoms with E-state index in [1.807, 2.05) is 36.4 Å². The number of fused-ring (bicyclic) bond motifs is 1. The first-order valence-electron chi connectivity index (χ1n) is 13.9. The number of aromatic amines is 1. The Bertz CT molecular complexity index is 1630. The summed E-state index contributed by atoms with van der Waals surface area (Å²) in [7, 11) is 3.32. The molecule has 0 radical (unpaired) electrons. The van der Waals surface area contributed by atoms with Crippen LogP contribution >= 0.6 is 0 Å². The highest BCUT2D eigenvalue weighted by Gasteiger charge is 2.39. The summed E-state index contributed by atoms with van der Waals surface area (Å²) in [5.74, 6) is -1.02. The van der Waals surface area contributed by atoms with Crippen molar-refractivity contribution in [3.05, 3.63) is 106 Å². The molecule has 0 aliphatic carbocycles. The van der Waals surface area contributed by atoms with Crippen molar-refractivity contribution in [3.8, 4) is 0 Å². The maximum atomic E-state index is 13.7. The number of hydrogen-bond acceptors (Lipinski definition) is 3. The van der Waals surface area contributed by atoms with Gasteiger partial charge in [-0.1, -0.05) is 30.3 Å². The second-order valence-corrected chi connectivity index (χ2v) is 11.1. The average Bonchev–Trinajstić information content (AvgIpc) is 3.38. The number of carbonyl (C=O) groups excluding carboxylic acids is 2. The Labute approximate surface area is 249 Å². The van der Waals surface area contributed by atoms with E-state index in [2.05, 4.69) is 9.88 Å². The Morgan fingerprint density at radius 1 is 0.864 bits per heavy atom. The summed E-state index contributed by atoms with van der Waals surface area (Å²) in [6.45, 7) is 1.25. The van der Waals surface area contributed by atoms with Crippen LogP contribution in [0.3, 0.4) is 0 Å². The Balaban J connectivity index is 1.44. The highest BCUT2D eigenvalue weighted by molar-refractivity contribution is 5.95. The molecule has 4 aromatic rings. The van der Waals surface area contributed by atoms with Gasteiger partial charge < -0.3 is 14.8 Å². The third-order valence-corrected chi connectivity index (χ3v) is 7.81. The van der Waals surface area contributed by atoms with E-state index in [9.17, 15) is 35.9 Å². The van der Waals surface area contributed by atoms with Crippen molar-refractivity contribution >= 4 is 22.7 Å². The number of aromatic nitrogens is 1. The number of hydrogen-bond donors (Lipinski definition) is 1. The van der Waals surface area contributed by atoms with E-state index < -0.39 is 41.0 Å². The molecule has 1 aliphatic heterocycles. The van der Waals surface area contributed by atoms with Gasteiger partial charge in [-0.2, -0.15) is 26.3 Å². The van der Waals surface area contributed by atoms with Gasteiger partial charge in [0.05, 0.1) is 11.1 Å². The van der Waals surface area contributed by atoms with Crippen molar-refractivity contribution in [2.24, 2.45) is 0 Å². The summed E-state index contributed by atoms with van der Waals surface area (Å²) in [5, 5.41) is 0.914. The molecule has 0 bridgehead atoms. The minimum atomic E-state index is -5.06. The van der Waals surface area contributed by atoms with Crippen molar-refractivity contribution in [3.63, 3.8) is 0 Å². The summed E-state index contributed by atoms with van der Waals surface area (Å²) < 4.78 is 81.4. The number of rotatable bonds is 6. The fraction of sp³-hybridized carbons (Fsp3) is 0.312. The molecule has 12 heteroatoms. The summed E-state index contributed by atoms with van der Waals surface area (Å²) >= 11 is 0. The van der Waals surface area contributed by atoms with Crippen LogP contribution in [0.25, 0.3) is 10.9 Å². The summed E-state index contributed by atoms with van der Waals surface area (Å²) in [6, 6.07) is 15.1. The molecule has 2 heterocycles. The van der Waals surface area contributed by atoms with Gasteiger partial charge in [0.1, 0.15) is 0 Å². The molecule has 3 aromatic carbocycles. The van der Waals surface area contributed by atoms with Crippen molar-refractivity contribution < 1.29 is 35.9 Å². The number of H-pyrrole nitrogens is 1. The molecular formula is C32H30F6N4O2. The molecule has 0 saturated carbocycles. The van der Waals surface area contributed by atoms with Crippen molar-refractivity contribution in [1.82, 2.24) is 19.7 Å². The molecule has 1 atom stereocenters. The van der Waals surface area contributed by atoms with Gasteiger partial charge in [0.15, 0.2) is 0 Å². The van der Waals surface area contributed by atoms with E-state index in [0.717, 1.165) is 22.0 Å². The third kappa shape index (κ3) is 6.75. The normalized spacial score (nSPS) is 16.4. The number of halogens is 6. The van der Waals surface area contributed by atoms with Gasteiger partial charge in [-0.3, -0.25) is 14.5 Å². The largest absolute Gasteiger partial charge is 0.416 e. The number of piperazine rings is 1. The molecule has 1 saturated heterocycles. The zero-order valence-corrected chi connectivity index (χ0v) is 24.0. The predicted molar refractivity (Wildman–Crippen MR) is 153 cm³/mol. The molecule has 1 aliphatic rings. The third-order valence-electron chi connectivity index (χ3n) is 7.81. The molecule has 0 unspecified atom stereocenters. The highest BCUT2D eigenvalue weighted by atomic mass is 19.4. The van der Waals surface area contributed by atoms with E-state index >= 15 is 0 Å². The molecule has 1 aromatic heterocycles. The lowest BCUT2D eigenvalue weighted by atomic mass is 9.98. The van der Waals surface area contributed by atoms with Crippen LogP contribution in [0.2, 0.25) is 0 Å². The zero-order chi connectivity index (χ0) is 31.8. The fourth-order valence-electron chi connectivity index (χ4n) is 5.57. The van der Waals surface area contributed by atoms with Gasteiger partial charge in [0.25, 0.3) is 11.8 Å². The molecule has 5 rings (SSSR count). The number of benzene rings is 3. The second kappa shape index (κ2) is 12.0. The van der Waals surface area contributed by atoms with E-state index in [1.165, 1.54) is 9.80 Å². The molecule has 1 N–H and O–H groups in total. The van der Waals surface area contributed by atoms with Crippen LogP contribution in [0.15, 0.2) is 72.9 Å². The van der Waals surface area contributed by atoms with Gasteiger partial charge in [-0.15, -0.1) is 0 Å². The monoisotopic (exact) mass is 616 g/mol. The van der Waals surface area contributed by atoms with Crippen LogP contribution in [0.1, 0.15) is 43.0 Å². The fourth-order valence-corrected chi connectivity index (χ4v) is 5.57.